The maximum absolute atomic E-state index is 9.00. The highest BCUT2D eigenvalue weighted by atomic mass is 35.5. The number of carboxylic acids is 1. The van der Waals surface area contributed by atoms with Gasteiger partial charge in [-0.1, -0.05) is 75.2 Å². The Morgan fingerprint density at radius 2 is 1.05 bits per heavy atom. The molecule has 5 nitrogen and oxygen atoms in total. The molecule has 0 aliphatic rings. The third kappa shape index (κ3) is 13.0. The summed E-state index contributed by atoms with van der Waals surface area (Å²) in [5.41, 5.74) is 4.64. The third-order valence-electron chi connectivity index (χ3n) is 6.00. The number of nitrogens with one attached hydrogen (secondary N) is 1. The maximum Gasteiger partial charge on any atom is 0.300 e. The Kier molecular flexibility index (Phi) is 17.3. The van der Waals surface area contributed by atoms with Gasteiger partial charge in [-0.3, -0.25) is 4.79 Å². The Hall–Kier alpha value is -1.79. The molecule has 0 bridgehead atoms. The first-order valence-corrected chi connectivity index (χ1v) is 14.5. The van der Waals surface area contributed by atoms with E-state index in [2.05, 4.69) is 61.0 Å². The Morgan fingerprint density at radius 1 is 0.703 bits per heavy atom. The van der Waals surface area contributed by atoms with Crippen LogP contribution in [0, 0.1) is 0 Å². The molecule has 0 amide bonds. The van der Waals surface area contributed by atoms with Crippen molar-refractivity contribution in [3.63, 3.8) is 0 Å². The molecule has 0 aliphatic heterocycles. The van der Waals surface area contributed by atoms with E-state index in [9.17, 15) is 0 Å². The molecule has 0 aromatic heterocycles. The van der Waals surface area contributed by atoms with Crippen LogP contribution >= 0.6 is 23.2 Å². The summed E-state index contributed by atoms with van der Waals surface area (Å²) in [6, 6.07) is 12.4. The van der Waals surface area contributed by atoms with Crippen LogP contribution in [-0.2, 0) is 17.6 Å². The number of hydrogen-bond acceptors (Lipinski definition) is 4. The molecule has 0 spiro atoms. The van der Waals surface area contributed by atoms with Crippen LogP contribution in [0.5, 0.6) is 0 Å². The van der Waals surface area contributed by atoms with E-state index in [0.717, 1.165) is 64.7 Å². The van der Waals surface area contributed by atoms with Gasteiger partial charge in [-0.2, -0.15) is 0 Å². The number of halogens is 2. The van der Waals surface area contributed by atoms with Crippen molar-refractivity contribution in [3.8, 4) is 0 Å². The lowest BCUT2D eigenvalue weighted by Gasteiger charge is -2.25. The molecule has 0 heterocycles. The number of aliphatic carboxylic acids is 1. The van der Waals surface area contributed by atoms with Crippen LogP contribution < -0.4 is 5.32 Å². The molecular weight excluding hydrogens is 505 g/mol. The molecule has 208 valence electrons. The summed E-state index contributed by atoms with van der Waals surface area (Å²) in [5.74, 6) is -0.833. The second-order valence-electron chi connectivity index (χ2n) is 9.38. The summed E-state index contributed by atoms with van der Waals surface area (Å²) in [6.07, 6.45) is 6.75. The fourth-order valence-corrected chi connectivity index (χ4v) is 4.96. The molecule has 2 aromatic carbocycles. The van der Waals surface area contributed by atoms with Gasteiger partial charge in [-0.05, 0) is 88.0 Å². The molecule has 2 N–H and O–H groups in total. The van der Waals surface area contributed by atoms with E-state index in [1.807, 2.05) is 18.2 Å². The molecule has 0 radical (unpaired) electrons. The zero-order valence-corrected chi connectivity index (χ0v) is 25.0. The second-order valence-corrected chi connectivity index (χ2v) is 10.2. The number of para-hydroxylation sites is 2. The average molecular weight is 553 g/mol. The van der Waals surface area contributed by atoms with Gasteiger partial charge in [0.2, 0.25) is 0 Å². The van der Waals surface area contributed by atoms with Crippen molar-refractivity contribution in [3.05, 3.63) is 57.6 Å². The highest BCUT2D eigenvalue weighted by Crippen LogP contribution is 2.35. The van der Waals surface area contributed by atoms with Crippen molar-refractivity contribution >= 4 is 40.5 Å². The first-order valence-electron chi connectivity index (χ1n) is 13.7. The fraction of sp³-hybridized carbons (Fsp3) is 0.567. The van der Waals surface area contributed by atoms with Crippen LogP contribution in [0.4, 0.5) is 11.4 Å². The van der Waals surface area contributed by atoms with Crippen molar-refractivity contribution in [2.75, 3.05) is 44.6 Å². The summed E-state index contributed by atoms with van der Waals surface area (Å²) in [7, 11) is 0. The molecule has 0 fully saturated rings. The topological polar surface area (TPSA) is 55.8 Å². The first kappa shape index (κ1) is 33.2. The largest absolute Gasteiger partial charge is 0.481 e. The third-order valence-corrected chi connectivity index (χ3v) is 6.63. The maximum atomic E-state index is 9.00. The number of carboxylic acid groups (broad SMARTS) is 1. The second kappa shape index (κ2) is 19.3. The molecule has 0 atom stereocenters. The minimum atomic E-state index is -0.833. The Balaban J connectivity index is 0.00000159. The van der Waals surface area contributed by atoms with Gasteiger partial charge < -0.3 is 20.2 Å². The molecule has 0 aliphatic carbocycles. The summed E-state index contributed by atoms with van der Waals surface area (Å²) >= 11 is 13.1. The number of rotatable bonds is 16. The normalized spacial score (nSPS) is 10.9. The van der Waals surface area contributed by atoms with E-state index in [4.69, 9.17) is 33.1 Å². The van der Waals surface area contributed by atoms with E-state index >= 15 is 0 Å². The zero-order valence-electron chi connectivity index (χ0n) is 23.5. The summed E-state index contributed by atoms with van der Waals surface area (Å²) in [6.45, 7) is 16.8. The lowest BCUT2D eigenvalue weighted by molar-refractivity contribution is -0.134. The van der Waals surface area contributed by atoms with Gasteiger partial charge in [0, 0.05) is 25.7 Å². The number of anilines is 2. The van der Waals surface area contributed by atoms with Gasteiger partial charge in [0.25, 0.3) is 5.97 Å². The molecule has 2 aromatic rings. The molecule has 37 heavy (non-hydrogen) atoms. The zero-order chi connectivity index (χ0) is 27.6. The van der Waals surface area contributed by atoms with Gasteiger partial charge in [-0.25, -0.2) is 0 Å². The molecule has 0 saturated carbocycles. The highest BCUT2D eigenvalue weighted by molar-refractivity contribution is 6.39. The average Bonchev–Trinajstić information content (AvgIpc) is 2.84. The smallest absolute Gasteiger partial charge is 0.300 e. The molecular formula is C30H47Cl2N3O2. The van der Waals surface area contributed by atoms with Crippen LogP contribution in [0.3, 0.4) is 0 Å². The van der Waals surface area contributed by atoms with E-state index in [-0.39, 0.29) is 0 Å². The highest BCUT2D eigenvalue weighted by Gasteiger charge is 2.15. The Morgan fingerprint density at radius 3 is 1.41 bits per heavy atom. The van der Waals surface area contributed by atoms with Crippen LogP contribution in [0.15, 0.2) is 36.4 Å². The number of carbonyl (C=O) groups is 1. The summed E-state index contributed by atoms with van der Waals surface area (Å²) < 4.78 is 0. The van der Waals surface area contributed by atoms with Crippen molar-refractivity contribution < 1.29 is 9.90 Å². The minimum Gasteiger partial charge on any atom is -0.481 e. The van der Waals surface area contributed by atoms with E-state index < -0.39 is 5.97 Å². The SMILES string of the molecule is CC(=O)O.CCCN(CCC)CCc1cccc(CCN(CCC)CCC)c1Nc1c(Cl)cccc1Cl. The van der Waals surface area contributed by atoms with Gasteiger partial charge in [0.05, 0.1) is 15.7 Å². The van der Waals surface area contributed by atoms with Crippen molar-refractivity contribution in [1.29, 1.82) is 0 Å². The number of benzene rings is 2. The van der Waals surface area contributed by atoms with Crippen LogP contribution in [0.25, 0.3) is 0 Å². The lowest BCUT2D eigenvalue weighted by atomic mass is 10.0. The van der Waals surface area contributed by atoms with Gasteiger partial charge in [-0.15, -0.1) is 0 Å². The van der Waals surface area contributed by atoms with E-state index in [0.29, 0.717) is 10.0 Å². The lowest BCUT2D eigenvalue weighted by Crippen LogP contribution is -2.28. The fourth-order valence-electron chi connectivity index (χ4n) is 4.47. The first-order chi connectivity index (χ1) is 17.8. The summed E-state index contributed by atoms with van der Waals surface area (Å²) in [4.78, 5) is 14.1. The van der Waals surface area contributed by atoms with Crippen LogP contribution in [-0.4, -0.2) is 60.1 Å². The molecule has 2 rings (SSSR count). The summed E-state index contributed by atoms with van der Waals surface area (Å²) in [5, 5.41) is 12.4. The quantitative estimate of drug-likeness (QED) is 0.220. The predicted molar refractivity (Wildman–Crippen MR) is 161 cm³/mol. The van der Waals surface area contributed by atoms with Gasteiger partial charge >= 0.3 is 0 Å². The van der Waals surface area contributed by atoms with E-state index in [1.54, 1.807) is 0 Å². The standard InChI is InChI=1S/C28H43Cl2N3.C2H4O2/c1-5-17-32(18-6-2)21-15-23-11-9-12-24(16-22-33(19-7-3)20-8-4)27(23)31-28-25(29)13-10-14-26(28)30;1-2(3)4/h9-14,31H,5-8,15-22H2,1-4H3;1H3,(H,3,4). The van der Waals surface area contributed by atoms with Gasteiger partial charge in [0.15, 0.2) is 0 Å². The number of nitrogens with zero attached hydrogens (tertiary/aromatic N) is 2. The van der Waals surface area contributed by atoms with Gasteiger partial charge in [0.1, 0.15) is 0 Å². The van der Waals surface area contributed by atoms with Crippen LogP contribution in [0.2, 0.25) is 10.0 Å². The molecule has 7 heteroatoms. The van der Waals surface area contributed by atoms with Crippen molar-refractivity contribution in [2.24, 2.45) is 0 Å². The van der Waals surface area contributed by atoms with E-state index in [1.165, 1.54) is 42.5 Å². The van der Waals surface area contributed by atoms with Crippen molar-refractivity contribution in [1.82, 2.24) is 9.80 Å². The Labute approximate surface area is 235 Å². The molecule has 0 unspecified atom stereocenters. The van der Waals surface area contributed by atoms with Crippen molar-refractivity contribution in [2.45, 2.75) is 73.1 Å². The number of hydrogen-bond donors (Lipinski definition) is 2. The monoisotopic (exact) mass is 551 g/mol. The minimum absolute atomic E-state index is 0.653. The molecule has 0 saturated heterocycles. The van der Waals surface area contributed by atoms with Crippen LogP contribution in [0.1, 0.15) is 71.4 Å². The Bertz CT molecular complexity index is 849. The predicted octanol–water partition coefficient (Wildman–Crippen LogP) is 8.16.